The molecular formula is C16H19N3O5. The van der Waals surface area contributed by atoms with Crippen molar-refractivity contribution in [2.24, 2.45) is 5.92 Å². The number of benzene rings is 1. The fraction of sp³-hybridized carbons (Fsp3) is 0.375. The third-order valence-corrected chi connectivity index (χ3v) is 3.19. The number of nitrogens with zero attached hydrogens (tertiary/aromatic N) is 2. The average molecular weight is 333 g/mol. The van der Waals surface area contributed by atoms with Crippen LogP contribution in [0.2, 0.25) is 0 Å². The van der Waals surface area contributed by atoms with E-state index in [0.29, 0.717) is 23.0 Å². The van der Waals surface area contributed by atoms with Gasteiger partial charge in [0, 0.05) is 19.9 Å². The Labute approximate surface area is 138 Å². The normalized spacial score (nSPS) is 11.8. The van der Waals surface area contributed by atoms with Crippen molar-refractivity contribution in [1.82, 2.24) is 15.5 Å². The van der Waals surface area contributed by atoms with E-state index in [1.54, 1.807) is 38.1 Å². The van der Waals surface area contributed by atoms with Crippen LogP contribution >= 0.6 is 0 Å². The van der Waals surface area contributed by atoms with Gasteiger partial charge in [0.25, 0.3) is 5.91 Å². The first-order valence-corrected chi connectivity index (χ1v) is 7.46. The molecule has 2 rings (SSSR count). The molecule has 1 aromatic carbocycles. The molecule has 0 bridgehead atoms. The van der Waals surface area contributed by atoms with Crippen LogP contribution in [0.3, 0.4) is 0 Å². The maximum absolute atomic E-state index is 12.3. The number of carboxylic acid groups (broad SMARTS) is 1. The second kappa shape index (κ2) is 8.09. The number of aryl methyl sites for hydroxylation is 1. The van der Waals surface area contributed by atoms with E-state index in [-0.39, 0.29) is 31.4 Å². The van der Waals surface area contributed by atoms with Crippen molar-refractivity contribution in [3.05, 3.63) is 41.5 Å². The lowest BCUT2D eigenvalue weighted by molar-refractivity contribution is -0.137. The summed E-state index contributed by atoms with van der Waals surface area (Å²) in [6.07, 6.45) is -0.00436. The second-order valence-electron chi connectivity index (χ2n) is 5.43. The van der Waals surface area contributed by atoms with E-state index in [1.165, 1.54) is 0 Å². The summed E-state index contributed by atoms with van der Waals surface area (Å²) in [7, 11) is 0. The van der Waals surface area contributed by atoms with Crippen LogP contribution in [0.1, 0.15) is 35.4 Å². The minimum Gasteiger partial charge on any atom is -0.485 e. The summed E-state index contributed by atoms with van der Waals surface area (Å²) in [5.74, 6) is -0.168. The van der Waals surface area contributed by atoms with Gasteiger partial charge in [-0.05, 0) is 18.1 Å². The van der Waals surface area contributed by atoms with Gasteiger partial charge in [-0.2, -0.15) is 4.98 Å². The molecule has 0 aliphatic heterocycles. The first-order chi connectivity index (χ1) is 11.5. The molecule has 24 heavy (non-hydrogen) atoms. The zero-order chi connectivity index (χ0) is 17.5. The summed E-state index contributed by atoms with van der Waals surface area (Å²) in [4.78, 5) is 27.0. The smallest absolute Gasteiger partial charge is 0.303 e. The summed E-state index contributed by atoms with van der Waals surface area (Å²) in [6, 6.07) is 6.78. The molecule has 0 saturated heterocycles. The summed E-state index contributed by atoms with van der Waals surface area (Å²) in [6.45, 7) is 3.78. The van der Waals surface area contributed by atoms with E-state index >= 15 is 0 Å². The van der Waals surface area contributed by atoms with Gasteiger partial charge in [0.2, 0.25) is 11.7 Å². The van der Waals surface area contributed by atoms with Crippen LogP contribution in [0.5, 0.6) is 5.75 Å². The molecule has 0 fully saturated rings. The summed E-state index contributed by atoms with van der Waals surface area (Å²) < 4.78 is 10.4. The number of para-hydroxylation sites is 1. The molecule has 0 spiro atoms. The third-order valence-electron chi connectivity index (χ3n) is 3.19. The van der Waals surface area contributed by atoms with Crippen LogP contribution in [0.15, 0.2) is 28.8 Å². The van der Waals surface area contributed by atoms with Crippen LogP contribution < -0.4 is 10.1 Å². The molecule has 1 heterocycles. The Balaban J connectivity index is 1.96. The fourth-order valence-corrected chi connectivity index (χ4v) is 2.05. The van der Waals surface area contributed by atoms with Gasteiger partial charge in [-0.25, -0.2) is 0 Å². The Morgan fingerprint density at radius 1 is 1.38 bits per heavy atom. The second-order valence-corrected chi connectivity index (χ2v) is 5.43. The number of carboxylic acids is 1. The lowest BCUT2D eigenvalue weighted by Gasteiger charge is -2.13. The summed E-state index contributed by atoms with van der Waals surface area (Å²) >= 11 is 0. The highest BCUT2D eigenvalue weighted by atomic mass is 16.5. The lowest BCUT2D eigenvalue weighted by Crippen LogP contribution is -2.29. The van der Waals surface area contributed by atoms with Crippen molar-refractivity contribution in [3.8, 4) is 5.75 Å². The first kappa shape index (κ1) is 17.5. The molecule has 1 aromatic heterocycles. The van der Waals surface area contributed by atoms with Gasteiger partial charge >= 0.3 is 5.97 Å². The van der Waals surface area contributed by atoms with Crippen LogP contribution in [-0.2, 0) is 11.4 Å². The van der Waals surface area contributed by atoms with Crippen molar-refractivity contribution in [2.75, 3.05) is 6.54 Å². The molecule has 2 N–H and O–H groups in total. The molecule has 8 nitrogen and oxygen atoms in total. The van der Waals surface area contributed by atoms with E-state index in [2.05, 4.69) is 15.5 Å². The van der Waals surface area contributed by atoms with Crippen LogP contribution in [-0.4, -0.2) is 33.7 Å². The van der Waals surface area contributed by atoms with Crippen molar-refractivity contribution >= 4 is 11.9 Å². The van der Waals surface area contributed by atoms with Gasteiger partial charge in [-0.1, -0.05) is 24.2 Å². The largest absolute Gasteiger partial charge is 0.485 e. The number of rotatable bonds is 8. The van der Waals surface area contributed by atoms with Gasteiger partial charge in [-0.3, -0.25) is 9.59 Å². The standard InChI is InChI=1S/C16H19N3O5/c1-10(7-15(20)21)8-17-16(22)12-5-3-4-6-13(12)23-9-14-18-11(2)24-19-14/h3-6,10H,7-9H2,1-2H3,(H,17,22)(H,20,21). The summed E-state index contributed by atoms with van der Waals surface area (Å²) in [5, 5.41) is 15.2. The number of ether oxygens (including phenoxy) is 1. The van der Waals surface area contributed by atoms with Gasteiger partial charge in [0.05, 0.1) is 5.56 Å². The maximum Gasteiger partial charge on any atom is 0.303 e. The molecule has 1 unspecified atom stereocenters. The Morgan fingerprint density at radius 2 is 2.12 bits per heavy atom. The Morgan fingerprint density at radius 3 is 2.79 bits per heavy atom. The highest BCUT2D eigenvalue weighted by Gasteiger charge is 2.15. The zero-order valence-electron chi connectivity index (χ0n) is 13.5. The molecular weight excluding hydrogens is 314 g/mol. The van der Waals surface area contributed by atoms with Crippen molar-refractivity contribution in [3.63, 3.8) is 0 Å². The van der Waals surface area contributed by atoms with E-state index < -0.39 is 5.97 Å². The summed E-state index contributed by atoms with van der Waals surface area (Å²) in [5.41, 5.74) is 0.361. The van der Waals surface area contributed by atoms with Crippen molar-refractivity contribution in [1.29, 1.82) is 0 Å². The van der Waals surface area contributed by atoms with E-state index in [1.807, 2.05) is 0 Å². The van der Waals surface area contributed by atoms with E-state index in [0.717, 1.165) is 0 Å². The topological polar surface area (TPSA) is 115 Å². The van der Waals surface area contributed by atoms with E-state index in [9.17, 15) is 9.59 Å². The number of amides is 1. The molecule has 0 radical (unpaired) electrons. The number of aromatic nitrogens is 2. The number of carbonyl (C=O) groups is 2. The molecule has 128 valence electrons. The van der Waals surface area contributed by atoms with Crippen molar-refractivity contribution < 1.29 is 24.0 Å². The van der Waals surface area contributed by atoms with Crippen LogP contribution in [0.25, 0.3) is 0 Å². The Bertz CT molecular complexity index is 713. The third kappa shape index (κ3) is 5.08. The van der Waals surface area contributed by atoms with Gasteiger partial charge in [-0.15, -0.1) is 0 Å². The molecule has 8 heteroatoms. The molecule has 2 aromatic rings. The predicted molar refractivity (Wildman–Crippen MR) is 83.6 cm³/mol. The Kier molecular flexibility index (Phi) is 5.89. The van der Waals surface area contributed by atoms with Crippen molar-refractivity contribution in [2.45, 2.75) is 26.9 Å². The number of hydrogen-bond donors (Lipinski definition) is 2. The Hall–Kier alpha value is -2.90. The molecule has 1 amide bonds. The average Bonchev–Trinajstić information content (AvgIpc) is 2.96. The molecule has 1 atom stereocenters. The molecule has 0 saturated carbocycles. The minimum absolute atomic E-state index is 0.00436. The zero-order valence-corrected chi connectivity index (χ0v) is 13.5. The minimum atomic E-state index is -0.893. The van der Waals surface area contributed by atoms with Crippen LogP contribution in [0, 0.1) is 12.8 Å². The lowest BCUT2D eigenvalue weighted by atomic mass is 10.1. The highest BCUT2D eigenvalue weighted by Crippen LogP contribution is 2.19. The number of nitrogens with one attached hydrogen (secondary N) is 1. The highest BCUT2D eigenvalue weighted by molar-refractivity contribution is 5.96. The van der Waals surface area contributed by atoms with Crippen LogP contribution in [0.4, 0.5) is 0 Å². The SMILES string of the molecule is Cc1nc(COc2ccccc2C(=O)NCC(C)CC(=O)O)no1. The fourth-order valence-electron chi connectivity index (χ4n) is 2.05. The number of hydrogen-bond acceptors (Lipinski definition) is 6. The predicted octanol–water partition coefficient (Wildman–Crippen LogP) is 1.80. The number of aliphatic carboxylic acids is 1. The maximum atomic E-state index is 12.3. The van der Waals surface area contributed by atoms with Gasteiger partial charge in [0.1, 0.15) is 5.75 Å². The molecule has 0 aliphatic rings. The quantitative estimate of drug-likeness (QED) is 0.757. The van der Waals surface area contributed by atoms with Gasteiger partial charge in [0.15, 0.2) is 6.61 Å². The molecule has 0 aliphatic carbocycles. The number of carbonyl (C=O) groups excluding carboxylic acids is 1. The monoisotopic (exact) mass is 333 g/mol. The van der Waals surface area contributed by atoms with E-state index in [4.69, 9.17) is 14.4 Å². The first-order valence-electron chi connectivity index (χ1n) is 7.46. The van der Waals surface area contributed by atoms with Gasteiger partial charge < -0.3 is 19.7 Å².